The Morgan fingerprint density at radius 1 is 0.750 bits per heavy atom. The molecule has 0 saturated carbocycles. The summed E-state index contributed by atoms with van der Waals surface area (Å²) < 4.78 is 11.0. The molecular formula is C28H43O3P. The van der Waals surface area contributed by atoms with E-state index in [-0.39, 0.29) is 11.6 Å². The number of fused-ring (bicyclic) bond motifs is 2. The lowest BCUT2D eigenvalue weighted by molar-refractivity contribution is 0.245. The van der Waals surface area contributed by atoms with Crippen molar-refractivity contribution in [2.75, 3.05) is 6.16 Å². The third-order valence-electron chi connectivity index (χ3n) is 7.12. The van der Waals surface area contributed by atoms with Gasteiger partial charge in [-0.25, -0.2) is 0 Å². The molecule has 4 heteroatoms. The minimum atomic E-state index is -3.86. The van der Waals surface area contributed by atoms with Gasteiger partial charge in [-0.3, -0.25) is 4.57 Å². The molecule has 178 valence electrons. The first-order chi connectivity index (χ1) is 15.3. The van der Waals surface area contributed by atoms with Crippen molar-refractivity contribution in [1.82, 2.24) is 0 Å². The Hall–Kier alpha value is -1.41. The van der Waals surface area contributed by atoms with Crippen molar-refractivity contribution in [1.29, 1.82) is 0 Å². The smallest absolute Gasteiger partial charge is 0.324 e. The van der Waals surface area contributed by atoms with Crippen LogP contribution >= 0.6 is 7.60 Å². The number of unbranched alkanes of at least 4 members (excludes halogenated alkanes) is 1. The first-order valence-corrected chi connectivity index (χ1v) is 14.3. The molecule has 2 N–H and O–H groups in total. The SMILES string of the molecule is CCCCC(CC)(CC)CP(=O)(O)O.c1ccc2c(c1)CCC2.c1ccc2c(c1)CCC2. The van der Waals surface area contributed by atoms with Gasteiger partial charge >= 0.3 is 7.60 Å². The zero-order valence-corrected chi connectivity index (χ0v) is 21.2. The second-order valence-corrected chi connectivity index (χ2v) is 11.0. The van der Waals surface area contributed by atoms with Gasteiger partial charge in [0.15, 0.2) is 0 Å². The molecule has 0 aliphatic heterocycles. The Labute approximate surface area is 195 Å². The summed E-state index contributed by atoms with van der Waals surface area (Å²) in [4.78, 5) is 18.1. The van der Waals surface area contributed by atoms with Crippen LogP contribution in [0.2, 0.25) is 0 Å². The van der Waals surface area contributed by atoms with Gasteiger partial charge in [0.05, 0.1) is 6.16 Å². The highest BCUT2D eigenvalue weighted by molar-refractivity contribution is 7.51. The maximum Gasteiger partial charge on any atom is 0.326 e. The summed E-state index contributed by atoms with van der Waals surface area (Å²) in [6.45, 7) is 6.15. The number of rotatable bonds is 7. The van der Waals surface area contributed by atoms with Crippen LogP contribution in [0, 0.1) is 5.41 Å². The molecule has 32 heavy (non-hydrogen) atoms. The molecule has 0 saturated heterocycles. The fraction of sp³-hybridized carbons (Fsp3) is 0.571. The van der Waals surface area contributed by atoms with Gasteiger partial charge in [0, 0.05) is 0 Å². The molecule has 0 spiro atoms. The molecular weight excluding hydrogens is 415 g/mol. The molecule has 0 bridgehead atoms. The quantitative estimate of drug-likeness (QED) is 0.422. The van der Waals surface area contributed by atoms with Crippen molar-refractivity contribution in [3.8, 4) is 0 Å². The van der Waals surface area contributed by atoms with Gasteiger partial charge in [-0.2, -0.15) is 0 Å². The largest absolute Gasteiger partial charge is 0.326 e. The topological polar surface area (TPSA) is 57.5 Å². The summed E-state index contributed by atoms with van der Waals surface area (Å²) in [5.41, 5.74) is 6.12. The third kappa shape index (κ3) is 8.85. The Balaban J connectivity index is 0.000000175. The third-order valence-corrected chi connectivity index (χ3v) is 8.21. The number of hydrogen-bond acceptors (Lipinski definition) is 1. The highest BCUT2D eigenvalue weighted by atomic mass is 31.2. The summed E-state index contributed by atoms with van der Waals surface area (Å²) >= 11 is 0. The second kappa shape index (κ2) is 13.3. The minimum absolute atomic E-state index is 0.0486. The molecule has 0 heterocycles. The molecule has 2 aromatic rings. The van der Waals surface area contributed by atoms with E-state index >= 15 is 0 Å². The Morgan fingerprint density at radius 2 is 1.12 bits per heavy atom. The van der Waals surface area contributed by atoms with Crippen molar-refractivity contribution >= 4 is 7.60 Å². The fourth-order valence-corrected chi connectivity index (χ4v) is 6.40. The predicted molar refractivity (Wildman–Crippen MR) is 136 cm³/mol. The van der Waals surface area contributed by atoms with Crippen LogP contribution < -0.4 is 0 Å². The molecule has 0 aromatic heterocycles. The molecule has 4 rings (SSSR count). The number of aryl methyl sites for hydroxylation is 4. The van der Waals surface area contributed by atoms with Gasteiger partial charge in [-0.1, -0.05) is 82.1 Å². The molecule has 0 atom stereocenters. The van der Waals surface area contributed by atoms with Gasteiger partial charge in [0.2, 0.25) is 0 Å². The molecule has 3 nitrogen and oxygen atoms in total. The van der Waals surface area contributed by atoms with E-state index < -0.39 is 7.60 Å². The van der Waals surface area contributed by atoms with Crippen LogP contribution in [-0.4, -0.2) is 15.9 Å². The zero-order chi connectivity index (χ0) is 23.5. The van der Waals surface area contributed by atoms with Crippen molar-refractivity contribution < 1.29 is 14.4 Å². The van der Waals surface area contributed by atoms with Crippen LogP contribution in [0.1, 0.15) is 88.0 Å². The van der Waals surface area contributed by atoms with Gasteiger partial charge < -0.3 is 9.79 Å². The maximum atomic E-state index is 11.0. The molecule has 2 aromatic carbocycles. The molecule has 0 radical (unpaired) electrons. The van der Waals surface area contributed by atoms with E-state index in [4.69, 9.17) is 9.79 Å². The van der Waals surface area contributed by atoms with Crippen LogP contribution in [-0.2, 0) is 30.2 Å². The summed E-state index contributed by atoms with van der Waals surface area (Å²) in [5.74, 6) is 0. The number of benzene rings is 2. The monoisotopic (exact) mass is 458 g/mol. The Kier molecular flexibility index (Phi) is 11.2. The highest BCUT2D eigenvalue weighted by Crippen LogP contribution is 2.47. The average molecular weight is 459 g/mol. The van der Waals surface area contributed by atoms with Crippen molar-refractivity contribution in [2.24, 2.45) is 5.41 Å². The highest BCUT2D eigenvalue weighted by Gasteiger charge is 2.33. The van der Waals surface area contributed by atoms with Gasteiger partial charge in [-0.05, 0) is 85.5 Å². The first-order valence-electron chi connectivity index (χ1n) is 12.5. The second-order valence-electron chi connectivity index (χ2n) is 9.38. The van der Waals surface area contributed by atoms with Crippen LogP contribution in [0.4, 0.5) is 0 Å². The number of hydrogen-bond donors (Lipinski definition) is 2. The summed E-state index contributed by atoms with van der Waals surface area (Å²) in [5, 5.41) is 0. The Morgan fingerprint density at radius 3 is 1.41 bits per heavy atom. The maximum absolute atomic E-state index is 11.0. The van der Waals surface area contributed by atoms with Crippen LogP contribution in [0.3, 0.4) is 0 Å². The van der Waals surface area contributed by atoms with E-state index in [1.54, 1.807) is 22.3 Å². The minimum Gasteiger partial charge on any atom is -0.324 e. The van der Waals surface area contributed by atoms with E-state index in [2.05, 4.69) is 55.5 Å². The van der Waals surface area contributed by atoms with E-state index in [1.165, 1.54) is 38.5 Å². The summed E-state index contributed by atoms with van der Waals surface area (Å²) in [7, 11) is -3.86. The van der Waals surface area contributed by atoms with Crippen LogP contribution in [0.25, 0.3) is 0 Å². The van der Waals surface area contributed by atoms with Gasteiger partial charge in [0.25, 0.3) is 0 Å². The van der Waals surface area contributed by atoms with Gasteiger partial charge in [0.1, 0.15) is 0 Å². The van der Waals surface area contributed by atoms with Crippen molar-refractivity contribution in [3.05, 3.63) is 70.8 Å². The first kappa shape index (κ1) is 26.8. The molecule has 2 aliphatic rings. The Bertz CT molecular complexity index is 756. The van der Waals surface area contributed by atoms with E-state index in [9.17, 15) is 4.57 Å². The lowest BCUT2D eigenvalue weighted by Gasteiger charge is -2.31. The molecule has 0 fully saturated rings. The van der Waals surface area contributed by atoms with Crippen molar-refractivity contribution in [2.45, 2.75) is 91.4 Å². The standard InChI is InChI=1S/C10H23O3P.2C9H10/c1-4-7-8-10(5-2,6-3)9-14(11,12)13;2*1-2-5-9-7-3-6-8(9)4-1/h4-9H2,1-3H3,(H2,11,12,13);2*1-2,4-5H,3,6-7H2. The summed E-state index contributed by atoms with van der Waals surface area (Å²) in [6, 6.07) is 17.5. The van der Waals surface area contributed by atoms with Crippen molar-refractivity contribution in [3.63, 3.8) is 0 Å². The fourth-order valence-electron chi connectivity index (χ4n) is 4.92. The van der Waals surface area contributed by atoms with Crippen LogP contribution in [0.5, 0.6) is 0 Å². The normalized spacial score (nSPS) is 14.5. The lowest BCUT2D eigenvalue weighted by atomic mass is 9.80. The summed E-state index contributed by atoms with van der Waals surface area (Å²) in [6.07, 6.45) is 12.8. The lowest BCUT2D eigenvalue weighted by Crippen LogP contribution is -2.23. The van der Waals surface area contributed by atoms with Gasteiger partial charge in [-0.15, -0.1) is 0 Å². The van der Waals surface area contributed by atoms with E-state index in [1.807, 2.05) is 13.8 Å². The van der Waals surface area contributed by atoms with Crippen LogP contribution in [0.15, 0.2) is 48.5 Å². The predicted octanol–water partition coefficient (Wildman–Crippen LogP) is 7.51. The molecule has 0 unspecified atom stereocenters. The molecule has 0 amide bonds. The zero-order valence-electron chi connectivity index (χ0n) is 20.4. The van der Waals surface area contributed by atoms with E-state index in [0.29, 0.717) is 0 Å². The molecule has 2 aliphatic carbocycles. The van der Waals surface area contributed by atoms with E-state index in [0.717, 1.165) is 32.1 Å². The average Bonchev–Trinajstić information content (AvgIpc) is 3.46.